The molecule has 1 aliphatic rings. The van der Waals surface area contributed by atoms with Gasteiger partial charge >= 0.3 is 6.01 Å². The van der Waals surface area contributed by atoms with Crippen LogP contribution in [0.15, 0.2) is 28.7 Å². The van der Waals surface area contributed by atoms with Crippen molar-refractivity contribution in [3.63, 3.8) is 0 Å². The van der Waals surface area contributed by atoms with E-state index in [0.717, 1.165) is 5.56 Å². The predicted molar refractivity (Wildman–Crippen MR) is 88.5 cm³/mol. The number of carbonyl (C=O) groups is 1. The lowest BCUT2D eigenvalue weighted by Gasteiger charge is -2.24. The number of hydrogen-bond acceptors (Lipinski definition) is 5. The first-order valence-corrected chi connectivity index (χ1v) is 8.12. The molecule has 0 saturated carbocycles. The third kappa shape index (κ3) is 3.51. The van der Waals surface area contributed by atoms with Gasteiger partial charge in [0.05, 0.1) is 6.54 Å². The number of benzene rings is 1. The fourth-order valence-corrected chi connectivity index (χ4v) is 2.88. The van der Waals surface area contributed by atoms with Crippen LogP contribution >= 0.6 is 11.6 Å². The average molecular weight is 353 g/mol. The van der Waals surface area contributed by atoms with E-state index < -0.39 is 12.2 Å². The van der Waals surface area contributed by atoms with E-state index in [0.29, 0.717) is 17.3 Å². The van der Waals surface area contributed by atoms with Gasteiger partial charge in [-0.3, -0.25) is 4.79 Å². The molecular formula is C16H18ClFN4O2. The average Bonchev–Trinajstić information content (AvgIpc) is 3.13. The Morgan fingerprint density at radius 3 is 2.75 bits per heavy atom. The molecule has 2 heterocycles. The van der Waals surface area contributed by atoms with Crippen LogP contribution in [-0.4, -0.2) is 45.8 Å². The first-order valence-electron chi connectivity index (χ1n) is 7.74. The minimum atomic E-state index is -0.962. The van der Waals surface area contributed by atoms with Gasteiger partial charge in [0.1, 0.15) is 12.2 Å². The second kappa shape index (κ2) is 6.76. The first-order chi connectivity index (χ1) is 11.4. The highest BCUT2D eigenvalue weighted by molar-refractivity contribution is 6.30. The minimum absolute atomic E-state index is 0.107. The van der Waals surface area contributed by atoms with Crippen LogP contribution in [-0.2, 0) is 4.79 Å². The number of rotatable bonds is 4. The molecule has 0 aliphatic carbocycles. The van der Waals surface area contributed by atoms with Crippen LogP contribution < -0.4 is 5.32 Å². The van der Waals surface area contributed by atoms with Gasteiger partial charge in [0.2, 0.25) is 11.8 Å². The van der Waals surface area contributed by atoms with Gasteiger partial charge < -0.3 is 14.6 Å². The molecule has 3 rings (SSSR count). The van der Waals surface area contributed by atoms with Crippen LogP contribution in [0.1, 0.15) is 20.3 Å². The van der Waals surface area contributed by atoms with Crippen LogP contribution in [0.4, 0.5) is 10.4 Å². The SMILES string of the molecule is C[C@@H](Nc1nnc(-c2ccc(Cl)cc2)o1)C(=O)N1C[C@H](F)C[C@@H]1C. The van der Waals surface area contributed by atoms with Gasteiger partial charge in [-0.25, -0.2) is 4.39 Å². The molecule has 1 fully saturated rings. The fraction of sp³-hybridized carbons (Fsp3) is 0.438. The van der Waals surface area contributed by atoms with Crippen molar-refractivity contribution in [3.05, 3.63) is 29.3 Å². The molecule has 128 valence electrons. The third-order valence-corrected chi connectivity index (χ3v) is 4.29. The van der Waals surface area contributed by atoms with Crippen molar-refractivity contribution in [2.75, 3.05) is 11.9 Å². The van der Waals surface area contributed by atoms with Crippen molar-refractivity contribution < 1.29 is 13.6 Å². The van der Waals surface area contributed by atoms with E-state index in [9.17, 15) is 9.18 Å². The van der Waals surface area contributed by atoms with E-state index >= 15 is 0 Å². The van der Waals surface area contributed by atoms with Gasteiger partial charge in [0, 0.05) is 23.0 Å². The Balaban J connectivity index is 1.66. The molecule has 1 saturated heterocycles. The number of halogens is 2. The van der Waals surface area contributed by atoms with Crippen LogP contribution in [0.5, 0.6) is 0 Å². The smallest absolute Gasteiger partial charge is 0.316 e. The number of likely N-dealkylation sites (tertiary alicyclic amines) is 1. The Bertz CT molecular complexity index is 721. The number of carbonyl (C=O) groups excluding carboxylic acids is 1. The number of hydrogen-bond donors (Lipinski definition) is 1. The molecule has 1 aromatic heterocycles. The van der Waals surface area contributed by atoms with E-state index in [4.69, 9.17) is 16.0 Å². The predicted octanol–water partition coefficient (Wildman–Crippen LogP) is 3.15. The molecule has 1 amide bonds. The van der Waals surface area contributed by atoms with Gasteiger partial charge in [-0.05, 0) is 38.1 Å². The zero-order valence-corrected chi connectivity index (χ0v) is 14.1. The van der Waals surface area contributed by atoms with Crippen molar-refractivity contribution in [1.29, 1.82) is 0 Å². The summed E-state index contributed by atoms with van der Waals surface area (Å²) >= 11 is 5.84. The molecule has 6 nitrogen and oxygen atoms in total. The molecule has 8 heteroatoms. The summed E-state index contributed by atoms with van der Waals surface area (Å²) < 4.78 is 18.9. The second-order valence-electron chi connectivity index (χ2n) is 5.96. The van der Waals surface area contributed by atoms with E-state index in [1.54, 1.807) is 36.1 Å². The summed E-state index contributed by atoms with van der Waals surface area (Å²) in [4.78, 5) is 14.0. The Morgan fingerprint density at radius 2 is 2.12 bits per heavy atom. The Morgan fingerprint density at radius 1 is 1.42 bits per heavy atom. The maximum absolute atomic E-state index is 13.4. The normalized spacial score (nSPS) is 21.8. The summed E-state index contributed by atoms with van der Waals surface area (Å²) in [6.07, 6.45) is -0.587. The van der Waals surface area contributed by atoms with E-state index in [1.165, 1.54) is 0 Å². The number of aromatic nitrogens is 2. The molecule has 0 radical (unpaired) electrons. The van der Waals surface area contributed by atoms with Crippen LogP contribution in [0.25, 0.3) is 11.5 Å². The molecule has 2 aromatic rings. The first kappa shape index (κ1) is 16.7. The van der Waals surface area contributed by atoms with Crippen molar-refractivity contribution in [2.24, 2.45) is 0 Å². The van der Waals surface area contributed by atoms with Crippen LogP contribution in [0.2, 0.25) is 5.02 Å². The molecule has 0 unspecified atom stereocenters. The molecular weight excluding hydrogens is 335 g/mol. The fourth-order valence-electron chi connectivity index (χ4n) is 2.76. The molecule has 1 N–H and O–H groups in total. The number of nitrogens with one attached hydrogen (secondary N) is 1. The summed E-state index contributed by atoms with van der Waals surface area (Å²) in [6, 6.07) is 6.43. The van der Waals surface area contributed by atoms with Crippen LogP contribution in [0, 0.1) is 0 Å². The lowest BCUT2D eigenvalue weighted by molar-refractivity contribution is -0.132. The van der Waals surface area contributed by atoms with Crippen molar-refractivity contribution in [2.45, 2.75) is 38.5 Å². The summed E-state index contributed by atoms with van der Waals surface area (Å²) in [7, 11) is 0. The number of alkyl halides is 1. The van der Waals surface area contributed by atoms with Crippen molar-refractivity contribution >= 4 is 23.5 Å². The van der Waals surface area contributed by atoms with Gasteiger partial charge in [-0.15, -0.1) is 5.10 Å². The quantitative estimate of drug-likeness (QED) is 0.915. The van der Waals surface area contributed by atoms with Crippen molar-refractivity contribution in [3.8, 4) is 11.5 Å². The van der Waals surface area contributed by atoms with Gasteiger partial charge in [-0.1, -0.05) is 16.7 Å². The largest absolute Gasteiger partial charge is 0.403 e. The maximum Gasteiger partial charge on any atom is 0.316 e. The second-order valence-corrected chi connectivity index (χ2v) is 6.39. The number of anilines is 1. The molecule has 1 aromatic carbocycles. The molecule has 0 spiro atoms. The van der Waals surface area contributed by atoms with E-state index in [2.05, 4.69) is 15.5 Å². The Kier molecular flexibility index (Phi) is 4.71. The molecule has 3 atom stereocenters. The zero-order valence-electron chi connectivity index (χ0n) is 13.4. The Labute approximate surface area is 144 Å². The van der Waals surface area contributed by atoms with Gasteiger partial charge in [-0.2, -0.15) is 0 Å². The monoisotopic (exact) mass is 352 g/mol. The zero-order chi connectivity index (χ0) is 17.3. The lowest BCUT2D eigenvalue weighted by atomic mass is 10.2. The lowest BCUT2D eigenvalue weighted by Crippen LogP contribution is -2.43. The third-order valence-electron chi connectivity index (χ3n) is 4.03. The summed E-state index contributed by atoms with van der Waals surface area (Å²) in [5, 5.41) is 11.3. The summed E-state index contributed by atoms with van der Waals surface area (Å²) in [5.41, 5.74) is 0.729. The van der Waals surface area contributed by atoms with Crippen molar-refractivity contribution in [1.82, 2.24) is 15.1 Å². The Hall–Kier alpha value is -2.15. The maximum atomic E-state index is 13.4. The minimum Gasteiger partial charge on any atom is -0.403 e. The highest BCUT2D eigenvalue weighted by atomic mass is 35.5. The van der Waals surface area contributed by atoms with E-state index in [1.807, 2.05) is 6.92 Å². The molecule has 0 bridgehead atoms. The number of amides is 1. The van der Waals surface area contributed by atoms with E-state index in [-0.39, 0.29) is 24.5 Å². The topological polar surface area (TPSA) is 71.3 Å². The molecule has 24 heavy (non-hydrogen) atoms. The standard InChI is InChI=1S/C16H18ClFN4O2/c1-9-7-13(18)8-22(9)15(23)10(2)19-16-21-20-14(24-16)11-3-5-12(17)6-4-11/h3-6,9-10,13H,7-8H2,1-2H3,(H,19,21)/t9-,10+,13+/m0/s1. The molecule has 1 aliphatic heterocycles. The summed E-state index contributed by atoms with van der Waals surface area (Å²) in [6.45, 7) is 3.66. The summed E-state index contributed by atoms with van der Waals surface area (Å²) in [5.74, 6) is 0.140. The van der Waals surface area contributed by atoms with Crippen LogP contribution in [0.3, 0.4) is 0 Å². The van der Waals surface area contributed by atoms with Gasteiger partial charge in [0.15, 0.2) is 0 Å². The highest BCUT2D eigenvalue weighted by Crippen LogP contribution is 2.23. The van der Waals surface area contributed by atoms with Gasteiger partial charge in [0.25, 0.3) is 0 Å². The number of nitrogens with zero attached hydrogens (tertiary/aromatic N) is 3. The highest BCUT2D eigenvalue weighted by Gasteiger charge is 2.34.